The third-order valence-electron chi connectivity index (χ3n) is 5.16. The minimum Gasteiger partial charge on any atom is -0.395 e. The molecule has 2 aromatic rings. The predicted octanol–water partition coefficient (Wildman–Crippen LogP) is 2.22. The second-order valence-corrected chi connectivity index (χ2v) is 6.97. The van der Waals surface area contributed by atoms with Gasteiger partial charge in [0.05, 0.1) is 6.61 Å². The van der Waals surface area contributed by atoms with E-state index in [1.807, 2.05) is 37.5 Å². The molecule has 2 heterocycles. The van der Waals surface area contributed by atoms with Gasteiger partial charge in [0, 0.05) is 50.5 Å². The van der Waals surface area contributed by atoms with Gasteiger partial charge in [0.15, 0.2) is 0 Å². The molecule has 0 saturated carbocycles. The fourth-order valence-corrected chi connectivity index (χ4v) is 3.66. The van der Waals surface area contributed by atoms with Crippen molar-refractivity contribution in [2.24, 2.45) is 0 Å². The molecule has 1 saturated heterocycles. The Hall–Kier alpha value is -2.18. The van der Waals surface area contributed by atoms with Crippen LogP contribution in [0, 0.1) is 0 Å². The number of hydrogen-bond acceptors (Lipinski definition) is 4. The van der Waals surface area contributed by atoms with Crippen molar-refractivity contribution >= 4 is 16.8 Å². The summed E-state index contributed by atoms with van der Waals surface area (Å²) in [4.78, 5) is 20.5. The highest BCUT2D eigenvalue weighted by molar-refractivity contribution is 5.85. The fourth-order valence-electron chi connectivity index (χ4n) is 3.66. The average molecular weight is 356 g/mol. The average Bonchev–Trinajstić information content (AvgIpc) is 2.68. The number of fused-ring (bicyclic) bond motifs is 1. The maximum Gasteiger partial charge on any atom is 0.317 e. The van der Waals surface area contributed by atoms with Crippen LogP contribution in [0.15, 0.2) is 36.7 Å². The molecular formula is C20H28N4O2. The molecule has 26 heavy (non-hydrogen) atoms. The summed E-state index contributed by atoms with van der Waals surface area (Å²) in [5.74, 6) is 0. The number of aromatic nitrogens is 1. The number of benzene rings is 1. The van der Waals surface area contributed by atoms with Crippen LogP contribution in [-0.2, 0) is 6.54 Å². The van der Waals surface area contributed by atoms with Crippen LogP contribution in [0.5, 0.6) is 0 Å². The Balaban J connectivity index is 1.51. The predicted molar refractivity (Wildman–Crippen MR) is 103 cm³/mol. The van der Waals surface area contributed by atoms with Gasteiger partial charge >= 0.3 is 6.03 Å². The van der Waals surface area contributed by atoms with E-state index in [4.69, 9.17) is 0 Å². The molecule has 140 valence electrons. The van der Waals surface area contributed by atoms with E-state index in [-0.39, 0.29) is 18.7 Å². The summed E-state index contributed by atoms with van der Waals surface area (Å²) in [6.07, 6.45) is 7.01. The van der Waals surface area contributed by atoms with E-state index >= 15 is 0 Å². The standard InChI is InChI=1S/C20H28N4O2/c1-23(14-17-6-4-5-16-13-21-9-8-19(16)17)20(26)22-10-12-24-11-3-2-7-18(24)15-25/h4-6,8-9,13,18,25H,2-3,7,10-12,14-15H2,1H3,(H,22,26). The van der Waals surface area contributed by atoms with Crippen molar-refractivity contribution in [2.75, 3.05) is 33.3 Å². The van der Waals surface area contributed by atoms with Gasteiger partial charge in [-0.05, 0) is 36.4 Å². The van der Waals surface area contributed by atoms with Crippen LogP contribution < -0.4 is 5.32 Å². The van der Waals surface area contributed by atoms with Crippen LogP contribution in [-0.4, -0.2) is 65.3 Å². The molecule has 6 heteroatoms. The number of rotatable bonds is 6. The highest BCUT2D eigenvalue weighted by atomic mass is 16.3. The topological polar surface area (TPSA) is 68.7 Å². The lowest BCUT2D eigenvalue weighted by molar-refractivity contribution is 0.0911. The number of amides is 2. The molecular weight excluding hydrogens is 328 g/mol. The molecule has 1 aromatic carbocycles. The van der Waals surface area contributed by atoms with E-state index in [0.29, 0.717) is 13.1 Å². The number of hydrogen-bond donors (Lipinski definition) is 2. The molecule has 1 atom stereocenters. The Morgan fingerprint density at radius 1 is 1.38 bits per heavy atom. The van der Waals surface area contributed by atoms with Crippen molar-refractivity contribution in [3.63, 3.8) is 0 Å². The van der Waals surface area contributed by atoms with Crippen molar-refractivity contribution in [1.29, 1.82) is 0 Å². The fraction of sp³-hybridized carbons (Fsp3) is 0.500. The van der Waals surface area contributed by atoms with Crippen molar-refractivity contribution in [2.45, 2.75) is 31.8 Å². The summed E-state index contributed by atoms with van der Waals surface area (Å²) in [5.41, 5.74) is 1.11. The maximum absolute atomic E-state index is 12.4. The number of carbonyl (C=O) groups is 1. The van der Waals surface area contributed by atoms with Crippen molar-refractivity contribution in [1.82, 2.24) is 20.1 Å². The smallest absolute Gasteiger partial charge is 0.317 e. The second kappa shape index (κ2) is 8.96. The first-order valence-electron chi connectivity index (χ1n) is 9.34. The van der Waals surface area contributed by atoms with Gasteiger partial charge in [-0.1, -0.05) is 24.6 Å². The Kier molecular flexibility index (Phi) is 6.41. The largest absolute Gasteiger partial charge is 0.395 e. The molecule has 1 unspecified atom stereocenters. The first-order valence-corrected chi connectivity index (χ1v) is 9.34. The quantitative estimate of drug-likeness (QED) is 0.833. The van der Waals surface area contributed by atoms with Gasteiger partial charge in [-0.3, -0.25) is 9.88 Å². The van der Waals surface area contributed by atoms with Gasteiger partial charge in [0.1, 0.15) is 0 Å². The number of nitrogens with zero attached hydrogens (tertiary/aromatic N) is 3. The lowest BCUT2D eigenvalue weighted by Gasteiger charge is -2.34. The Morgan fingerprint density at radius 3 is 3.12 bits per heavy atom. The molecule has 0 bridgehead atoms. The minimum atomic E-state index is -0.0754. The van der Waals surface area contributed by atoms with Crippen molar-refractivity contribution < 1.29 is 9.90 Å². The molecule has 2 N–H and O–H groups in total. The Morgan fingerprint density at radius 2 is 2.27 bits per heavy atom. The van der Waals surface area contributed by atoms with Gasteiger partial charge in [-0.25, -0.2) is 4.79 Å². The number of likely N-dealkylation sites (tertiary alicyclic amines) is 1. The molecule has 1 aliphatic rings. The number of aliphatic hydroxyl groups excluding tert-OH is 1. The van der Waals surface area contributed by atoms with Gasteiger partial charge < -0.3 is 15.3 Å². The molecule has 3 rings (SSSR count). The number of nitrogens with one attached hydrogen (secondary N) is 1. The molecule has 1 aliphatic heterocycles. The van der Waals surface area contributed by atoms with Crippen molar-refractivity contribution in [3.05, 3.63) is 42.2 Å². The summed E-state index contributed by atoms with van der Waals surface area (Å²) in [7, 11) is 1.81. The number of urea groups is 1. The molecule has 0 aliphatic carbocycles. The number of aliphatic hydroxyl groups is 1. The lowest BCUT2D eigenvalue weighted by atomic mass is 10.0. The summed E-state index contributed by atoms with van der Waals surface area (Å²) in [6.45, 7) is 3.13. The Bertz CT molecular complexity index is 731. The highest BCUT2D eigenvalue weighted by Gasteiger charge is 2.21. The summed E-state index contributed by atoms with van der Waals surface area (Å²) < 4.78 is 0. The molecule has 0 radical (unpaired) electrons. The summed E-state index contributed by atoms with van der Waals surface area (Å²) in [6, 6.07) is 8.22. The Labute approximate surface area is 154 Å². The molecule has 1 aromatic heterocycles. The van der Waals surface area contributed by atoms with Gasteiger partial charge in [-0.2, -0.15) is 0 Å². The number of piperidine rings is 1. The third kappa shape index (κ3) is 4.51. The molecule has 2 amide bonds. The second-order valence-electron chi connectivity index (χ2n) is 6.97. The SMILES string of the molecule is CN(Cc1cccc2cnccc12)C(=O)NCCN1CCCCC1CO. The zero-order valence-electron chi connectivity index (χ0n) is 15.4. The van der Waals surface area contributed by atoms with Crippen LogP contribution >= 0.6 is 0 Å². The first-order chi connectivity index (χ1) is 12.7. The molecule has 0 spiro atoms. The van der Waals surface area contributed by atoms with E-state index in [1.165, 1.54) is 12.8 Å². The van der Waals surface area contributed by atoms with E-state index in [9.17, 15) is 9.90 Å². The first kappa shape index (κ1) is 18.6. The van der Waals surface area contributed by atoms with Crippen molar-refractivity contribution in [3.8, 4) is 0 Å². The normalized spacial score (nSPS) is 18.0. The number of pyridine rings is 1. The lowest BCUT2D eigenvalue weighted by Crippen LogP contribution is -2.47. The van der Waals surface area contributed by atoms with E-state index in [2.05, 4.69) is 15.2 Å². The van der Waals surface area contributed by atoms with Crippen LogP contribution in [0.3, 0.4) is 0 Å². The van der Waals surface area contributed by atoms with E-state index in [0.717, 1.165) is 35.8 Å². The summed E-state index contributed by atoms with van der Waals surface area (Å²) in [5, 5.41) is 14.7. The van der Waals surface area contributed by atoms with Crippen LogP contribution in [0.25, 0.3) is 10.8 Å². The maximum atomic E-state index is 12.4. The third-order valence-corrected chi connectivity index (χ3v) is 5.16. The summed E-state index contributed by atoms with van der Waals surface area (Å²) >= 11 is 0. The van der Waals surface area contributed by atoms with Crippen LogP contribution in [0.2, 0.25) is 0 Å². The van der Waals surface area contributed by atoms with Crippen LogP contribution in [0.1, 0.15) is 24.8 Å². The van der Waals surface area contributed by atoms with Gasteiger partial charge in [0.25, 0.3) is 0 Å². The highest BCUT2D eigenvalue weighted by Crippen LogP contribution is 2.19. The molecule has 6 nitrogen and oxygen atoms in total. The number of carbonyl (C=O) groups excluding carboxylic acids is 1. The molecule has 1 fully saturated rings. The van der Waals surface area contributed by atoms with Gasteiger partial charge in [-0.15, -0.1) is 0 Å². The van der Waals surface area contributed by atoms with E-state index in [1.54, 1.807) is 11.1 Å². The van der Waals surface area contributed by atoms with Gasteiger partial charge in [0.2, 0.25) is 0 Å². The van der Waals surface area contributed by atoms with Crippen LogP contribution in [0.4, 0.5) is 4.79 Å². The minimum absolute atomic E-state index is 0.0754. The zero-order chi connectivity index (χ0) is 18.4. The zero-order valence-corrected chi connectivity index (χ0v) is 15.4. The van der Waals surface area contributed by atoms with E-state index < -0.39 is 0 Å². The monoisotopic (exact) mass is 356 g/mol.